The maximum atomic E-state index is 10.1. The Bertz CT molecular complexity index is 891. The summed E-state index contributed by atoms with van der Waals surface area (Å²) >= 11 is 14.6. The first-order valence-corrected chi connectivity index (χ1v) is 9.38. The average Bonchev–Trinajstić information content (AvgIpc) is 2.70. The second kappa shape index (κ2) is 12.6. The van der Waals surface area contributed by atoms with Crippen LogP contribution in [0.25, 0.3) is 0 Å². The van der Waals surface area contributed by atoms with E-state index in [1.54, 1.807) is 48.5 Å². The van der Waals surface area contributed by atoms with E-state index in [9.17, 15) is 10.1 Å². The van der Waals surface area contributed by atoms with Crippen molar-refractivity contribution in [2.75, 3.05) is 0 Å². The van der Waals surface area contributed by atoms with Crippen molar-refractivity contribution in [1.29, 1.82) is 0 Å². The van der Waals surface area contributed by atoms with E-state index < -0.39 is 4.92 Å². The molecule has 0 aliphatic rings. The minimum atomic E-state index is -0.403. The fourth-order valence-electron chi connectivity index (χ4n) is 1.84. The van der Waals surface area contributed by atoms with Gasteiger partial charge >= 0.3 is 0 Å². The van der Waals surface area contributed by atoms with E-state index >= 15 is 0 Å². The topological polar surface area (TPSA) is 83.6 Å². The molecule has 0 aromatic heterocycles. The molecule has 0 bridgehead atoms. The van der Waals surface area contributed by atoms with E-state index in [-0.39, 0.29) is 15.8 Å². The molecule has 8 heteroatoms. The number of nitro groups is 1. The molecular formula is C21H18ClNO4S2. The molecule has 0 aliphatic carbocycles. The van der Waals surface area contributed by atoms with Gasteiger partial charge in [-0.15, -0.1) is 0 Å². The second-order valence-electron chi connectivity index (χ2n) is 5.58. The number of nitro benzene ring substituents is 1. The molecule has 0 radical (unpaired) electrons. The van der Waals surface area contributed by atoms with E-state index in [0.29, 0.717) is 16.1 Å². The first-order chi connectivity index (χ1) is 13.7. The number of benzene rings is 3. The molecule has 0 unspecified atom stereocenters. The van der Waals surface area contributed by atoms with Crippen molar-refractivity contribution in [2.45, 2.75) is 6.92 Å². The molecule has 0 saturated carbocycles. The summed E-state index contributed by atoms with van der Waals surface area (Å²) in [5, 5.41) is 28.2. The summed E-state index contributed by atoms with van der Waals surface area (Å²) in [6.45, 7) is 1.89. The van der Waals surface area contributed by atoms with Gasteiger partial charge in [0, 0.05) is 28.3 Å². The molecule has 0 fully saturated rings. The molecule has 0 aliphatic heterocycles. The summed E-state index contributed by atoms with van der Waals surface area (Å²) in [5.41, 5.74) is 2.50. The van der Waals surface area contributed by atoms with Crippen molar-refractivity contribution >= 4 is 51.8 Å². The summed E-state index contributed by atoms with van der Waals surface area (Å²) < 4.78 is 0. The number of aliphatic hydroxyl groups excluding tert-OH is 2. The maximum absolute atomic E-state index is 10.1. The highest BCUT2D eigenvalue weighted by Crippen LogP contribution is 2.10. The van der Waals surface area contributed by atoms with Gasteiger partial charge in [0.25, 0.3) is 5.69 Å². The van der Waals surface area contributed by atoms with E-state index in [2.05, 4.69) is 24.4 Å². The Balaban J connectivity index is 0.000000218. The van der Waals surface area contributed by atoms with Crippen LogP contribution in [0, 0.1) is 17.0 Å². The number of non-ortho nitro benzene ring substituents is 1. The highest BCUT2D eigenvalue weighted by molar-refractivity contribution is 7.80. The van der Waals surface area contributed by atoms with Crippen LogP contribution >= 0.6 is 36.0 Å². The Kier molecular flexibility index (Phi) is 10.5. The van der Waals surface area contributed by atoms with Crippen LogP contribution in [0.3, 0.4) is 0 Å². The number of aliphatic hydroxyl groups is 2. The fourth-order valence-corrected chi connectivity index (χ4v) is 2.24. The van der Waals surface area contributed by atoms with Crippen LogP contribution in [0.1, 0.15) is 16.7 Å². The van der Waals surface area contributed by atoms with Crippen molar-refractivity contribution in [3.05, 3.63) is 111 Å². The van der Waals surface area contributed by atoms with Gasteiger partial charge in [-0.25, -0.2) is 0 Å². The van der Waals surface area contributed by atoms with Crippen LogP contribution < -0.4 is 0 Å². The number of thiocarbonyl (C=S) groups is 2. The van der Waals surface area contributed by atoms with Crippen LogP contribution in [-0.2, 0) is 0 Å². The average molecular weight is 448 g/mol. The number of aryl methyl sites for hydroxylation is 1. The molecule has 0 atom stereocenters. The first-order valence-electron chi connectivity index (χ1n) is 8.19. The molecule has 2 N–H and O–H groups in total. The zero-order valence-electron chi connectivity index (χ0n) is 15.4. The lowest BCUT2D eigenvalue weighted by atomic mass is 10.2. The molecule has 3 aromatic rings. The third-order valence-corrected chi connectivity index (χ3v) is 4.08. The van der Waals surface area contributed by atoms with Gasteiger partial charge in [-0.3, -0.25) is 10.1 Å². The summed E-state index contributed by atoms with van der Waals surface area (Å²) in [7, 11) is 0. The quantitative estimate of drug-likeness (QED) is 0.274. The SMILES string of the molecule is Cc1ccc([N+](=O)[O-])cc1.OC(=S)c1ccc(Cl)cc1.OC(=S)c1ccccc1. The normalized spacial score (nSPS) is 9.17. The van der Waals surface area contributed by atoms with Gasteiger partial charge in [0.2, 0.25) is 0 Å². The minimum absolute atomic E-state index is 0.0457. The zero-order valence-corrected chi connectivity index (χ0v) is 17.7. The van der Waals surface area contributed by atoms with Crippen LogP contribution in [0.15, 0.2) is 78.9 Å². The Morgan fingerprint density at radius 3 is 1.66 bits per heavy atom. The van der Waals surface area contributed by atoms with Gasteiger partial charge in [0.15, 0.2) is 10.1 Å². The molecule has 3 aromatic carbocycles. The van der Waals surface area contributed by atoms with Crippen LogP contribution in [0.2, 0.25) is 5.02 Å². The van der Waals surface area contributed by atoms with Gasteiger partial charge < -0.3 is 10.2 Å². The molecule has 150 valence electrons. The first kappa shape index (κ1) is 24.2. The molecule has 0 heterocycles. The standard InChI is InChI=1S/C7H5ClOS.C7H7NO2.C7H6OS/c8-6-3-1-5(2-4-6)7(9)10;1-6-2-4-7(5-3-6)8(9)10;8-7(9)6-4-2-1-3-5-6/h1-4H,(H,9,10);2-5H,1H3;1-5H,(H,8,9). The van der Waals surface area contributed by atoms with Crippen molar-refractivity contribution < 1.29 is 15.1 Å². The maximum Gasteiger partial charge on any atom is 0.269 e. The van der Waals surface area contributed by atoms with E-state index in [1.165, 1.54) is 12.1 Å². The Morgan fingerprint density at radius 2 is 1.28 bits per heavy atom. The lowest BCUT2D eigenvalue weighted by Crippen LogP contribution is -1.92. The van der Waals surface area contributed by atoms with Crippen molar-refractivity contribution in [1.82, 2.24) is 0 Å². The second-order valence-corrected chi connectivity index (χ2v) is 6.79. The predicted molar refractivity (Wildman–Crippen MR) is 124 cm³/mol. The van der Waals surface area contributed by atoms with Gasteiger partial charge in [-0.2, -0.15) is 0 Å². The van der Waals surface area contributed by atoms with E-state index in [0.717, 1.165) is 5.56 Å². The van der Waals surface area contributed by atoms with Crippen molar-refractivity contribution in [3.63, 3.8) is 0 Å². The van der Waals surface area contributed by atoms with Gasteiger partial charge in [-0.05, 0) is 55.6 Å². The molecule has 0 amide bonds. The zero-order chi connectivity index (χ0) is 21.8. The highest BCUT2D eigenvalue weighted by Gasteiger charge is 2.00. The fraction of sp³-hybridized carbons (Fsp3) is 0.0476. The predicted octanol–water partition coefficient (Wildman–Crippen LogP) is 6.40. The Labute approximate surface area is 184 Å². The minimum Gasteiger partial charge on any atom is -0.499 e. The van der Waals surface area contributed by atoms with Gasteiger partial charge in [0.1, 0.15) is 0 Å². The Hall–Kier alpha value is -2.87. The third-order valence-electron chi connectivity index (χ3n) is 3.36. The monoisotopic (exact) mass is 447 g/mol. The number of rotatable bonds is 3. The summed E-state index contributed by atoms with van der Waals surface area (Å²) in [6, 6.07) is 22.2. The highest BCUT2D eigenvalue weighted by atomic mass is 35.5. The largest absolute Gasteiger partial charge is 0.499 e. The third kappa shape index (κ3) is 9.75. The van der Waals surface area contributed by atoms with E-state index in [1.807, 2.05) is 25.1 Å². The van der Waals surface area contributed by atoms with Crippen molar-refractivity contribution in [2.24, 2.45) is 0 Å². The lowest BCUT2D eigenvalue weighted by molar-refractivity contribution is -0.384. The van der Waals surface area contributed by atoms with Gasteiger partial charge in [-0.1, -0.05) is 59.6 Å². The van der Waals surface area contributed by atoms with Crippen LogP contribution in [0.5, 0.6) is 0 Å². The number of nitrogens with zero attached hydrogens (tertiary/aromatic N) is 1. The molecular weight excluding hydrogens is 430 g/mol. The van der Waals surface area contributed by atoms with Crippen molar-refractivity contribution in [3.8, 4) is 0 Å². The summed E-state index contributed by atoms with van der Waals surface area (Å²) in [4.78, 5) is 9.71. The smallest absolute Gasteiger partial charge is 0.269 e. The molecule has 3 rings (SSSR count). The van der Waals surface area contributed by atoms with Crippen LogP contribution in [-0.4, -0.2) is 25.2 Å². The van der Waals surface area contributed by atoms with Crippen LogP contribution in [0.4, 0.5) is 5.69 Å². The number of hydrogen-bond acceptors (Lipinski definition) is 4. The molecule has 0 spiro atoms. The molecule has 29 heavy (non-hydrogen) atoms. The lowest BCUT2D eigenvalue weighted by Gasteiger charge is -1.94. The number of hydrogen-bond donors (Lipinski definition) is 2. The van der Waals surface area contributed by atoms with Gasteiger partial charge in [0.05, 0.1) is 4.92 Å². The summed E-state index contributed by atoms with van der Waals surface area (Å²) in [5.74, 6) is 0. The molecule has 5 nitrogen and oxygen atoms in total. The van der Waals surface area contributed by atoms with E-state index in [4.69, 9.17) is 21.8 Å². The summed E-state index contributed by atoms with van der Waals surface area (Å²) in [6.07, 6.45) is 0. The molecule has 0 saturated heterocycles. The number of halogens is 1. The Morgan fingerprint density at radius 1 is 0.828 bits per heavy atom.